The highest BCUT2D eigenvalue weighted by molar-refractivity contribution is 6.13. The van der Waals surface area contributed by atoms with Gasteiger partial charge in [0, 0.05) is 5.71 Å². The average molecular weight is 329 g/mol. The fourth-order valence-electron chi connectivity index (χ4n) is 3.40. The first-order valence-electron chi connectivity index (χ1n) is 9.59. The summed E-state index contributed by atoms with van der Waals surface area (Å²) in [7, 11) is 0. The average Bonchev–Trinajstić information content (AvgIpc) is 2.90. The van der Waals surface area contributed by atoms with Crippen LogP contribution in [0.2, 0.25) is 0 Å². The number of rotatable bonds is 10. The molecule has 1 aliphatic rings. The summed E-state index contributed by atoms with van der Waals surface area (Å²) in [6, 6.07) is 6.11. The number of nitrogens with zero attached hydrogens (tertiary/aromatic N) is 2. The molecule has 0 spiro atoms. The van der Waals surface area contributed by atoms with Crippen LogP contribution in [0.5, 0.6) is 0 Å². The molecule has 0 aromatic heterocycles. The first-order chi connectivity index (χ1) is 11.6. The summed E-state index contributed by atoms with van der Waals surface area (Å²) < 4.78 is 0. The molecule has 1 aromatic rings. The van der Waals surface area contributed by atoms with Crippen LogP contribution in [0.1, 0.15) is 82.3 Å². The van der Waals surface area contributed by atoms with Gasteiger partial charge in [0.05, 0.1) is 12.1 Å². The Bertz CT molecular complexity index is 557. The summed E-state index contributed by atoms with van der Waals surface area (Å²) in [6.45, 7) is 6.34. The Morgan fingerprint density at radius 2 is 1.54 bits per heavy atom. The van der Waals surface area contributed by atoms with Crippen molar-refractivity contribution in [1.29, 1.82) is 0 Å². The number of carbonyl (C=O) groups excluding carboxylic acids is 1. The molecule has 1 amide bonds. The quantitative estimate of drug-likeness (QED) is 0.490. The lowest BCUT2D eigenvalue weighted by atomic mass is 10.0. The van der Waals surface area contributed by atoms with Crippen molar-refractivity contribution in [2.24, 2.45) is 5.10 Å². The van der Waals surface area contributed by atoms with Crippen LogP contribution >= 0.6 is 0 Å². The lowest BCUT2D eigenvalue weighted by molar-refractivity contribution is -0.116. The molecule has 0 radical (unpaired) electrons. The van der Waals surface area contributed by atoms with Crippen molar-refractivity contribution in [3.63, 3.8) is 0 Å². The van der Waals surface area contributed by atoms with Gasteiger partial charge in [0.25, 0.3) is 5.91 Å². The van der Waals surface area contributed by atoms with E-state index in [0.717, 1.165) is 35.4 Å². The Hall–Kier alpha value is -1.64. The van der Waals surface area contributed by atoms with E-state index in [4.69, 9.17) is 0 Å². The number of aryl methyl sites for hydroxylation is 2. The van der Waals surface area contributed by atoms with Crippen LogP contribution in [-0.4, -0.2) is 11.6 Å². The zero-order chi connectivity index (χ0) is 17.4. The van der Waals surface area contributed by atoms with Gasteiger partial charge in [-0.15, -0.1) is 0 Å². The molecular formula is C21H32N2O. The molecule has 0 saturated heterocycles. The van der Waals surface area contributed by atoms with E-state index in [-0.39, 0.29) is 5.91 Å². The summed E-state index contributed by atoms with van der Waals surface area (Å²) >= 11 is 0. The van der Waals surface area contributed by atoms with Crippen LogP contribution in [0, 0.1) is 13.8 Å². The first kappa shape index (κ1) is 18.7. The fraction of sp³-hybridized carbons (Fsp3) is 0.619. The molecule has 3 nitrogen and oxygen atoms in total. The van der Waals surface area contributed by atoms with Gasteiger partial charge in [0.2, 0.25) is 0 Å². The number of hydrogen-bond acceptors (Lipinski definition) is 2. The van der Waals surface area contributed by atoms with Gasteiger partial charge in [-0.3, -0.25) is 4.79 Å². The largest absolute Gasteiger partial charge is 0.272 e. The monoisotopic (exact) mass is 328 g/mol. The van der Waals surface area contributed by atoms with E-state index in [0.29, 0.717) is 6.42 Å². The van der Waals surface area contributed by atoms with Crippen LogP contribution < -0.4 is 5.01 Å². The molecule has 0 N–H and O–H groups in total. The second kappa shape index (κ2) is 9.61. The second-order valence-electron chi connectivity index (χ2n) is 7.01. The topological polar surface area (TPSA) is 32.7 Å². The predicted octanol–water partition coefficient (Wildman–Crippen LogP) is 5.93. The molecule has 1 aromatic carbocycles. The van der Waals surface area contributed by atoms with Gasteiger partial charge >= 0.3 is 0 Å². The van der Waals surface area contributed by atoms with Gasteiger partial charge in [-0.25, -0.2) is 0 Å². The molecular weight excluding hydrogens is 296 g/mol. The van der Waals surface area contributed by atoms with Crippen molar-refractivity contribution in [2.45, 2.75) is 85.0 Å². The van der Waals surface area contributed by atoms with Crippen molar-refractivity contribution in [3.8, 4) is 0 Å². The Morgan fingerprint density at radius 3 is 2.17 bits per heavy atom. The predicted molar refractivity (Wildman–Crippen MR) is 103 cm³/mol. The summed E-state index contributed by atoms with van der Waals surface area (Å²) in [6.07, 6.45) is 11.9. The van der Waals surface area contributed by atoms with Crippen LogP contribution in [0.25, 0.3) is 0 Å². The Morgan fingerprint density at radius 1 is 0.958 bits per heavy atom. The van der Waals surface area contributed by atoms with Crippen molar-refractivity contribution in [2.75, 3.05) is 5.01 Å². The molecule has 3 heteroatoms. The number of hydrazone groups is 1. The SMILES string of the molecule is CCCCCCCCCCC1=NN(c2c(C)cccc2C)C(=O)C1. The van der Waals surface area contributed by atoms with Crippen LogP contribution in [0.3, 0.4) is 0 Å². The molecule has 0 unspecified atom stereocenters. The smallest absolute Gasteiger partial charge is 0.253 e. The lowest BCUT2D eigenvalue weighted by Gasteiger charge is -2.17. The number of hydrogen-bond donors (Lipinski definition) is 0. The van der Waals surface area contributed by atoms with E-state index in [1.807, 2.05) is 32.0 Å². The van der Waals surface area contributed by atoms with Gasteiger partial charge in [-0.1, -0.05) is 70.1 Å². The minimum Gasteiger partial charge on any atom is -0.272 e. The van der Waals surface area contributed by atoms with Crippen molar-refractivity contribution >= 4 is 17.3 Å². The number of unbranched alkanes of at least 4 members (excludes halogenated alkanes) is 7. The van der Waals surface area contributed by atoms with E-state index in [1.54, 1.807) is 5.01 Å². The third-order valence-electron chi connectivity index (χ3n) is 4.80. The van der Waals surface area contributed by atoms with E-state index >= 15 is 0 Å². The van der Waals surface area contributed by atoms with E-state index in [2.05, 4.69) is 12.0 Å². The molecule has 0 atom stereocenters. The summed E-state index contributed by atoms with van der Waals surface area (Å²) in [4.78, 5) is 12.3. The van der Waals surface area contributed by atoms with E-state index < -0.39 is 0 Å². The molecule has 1 aliphatic heterocycles. The van der Waals surface area contributed by atoms with E-state index in [1.165, 1.54) is 44.9 Å². The normalized spacial score (nSPS) is 14.4. The van der Waals surface area contributed by atoms with Crippen molar-refractivity contribution < 1.29 is 4.79 Å². The van der Waals surface area contributed by atoms with Crippen LogP contribution in [0.4, 0.5) is 5.69 Å². The lowest BCUT2D eigenvalue weighted by Crippen LogP contribution is -2.21. The second-order valence-corrected chi connectivity index (χ2v) is 7.01. The maximum Gasteiger partial charge on any atom is 0.253 e. The Labute approximate surface area is 147 Å². The number of anilines is 1. The Balaban J connectivity index is 1.78. The molecule has 2 rings (SSSR count). The van der Waals surface area contributed by atoms with Crippen molar-refractivity contribution in [3.05, 3.63) is 29.3 Å². The highest BCUT2D eigenvalue weighted by atomic mass is 16.2. The standard InChI is InChI=1S/C21H32N2O/c1-4-5-6-7-8-9-10-11-15-19-16-20(24)23(22-19)21-17(2)13-12-14-18(21)3/h12-14H,4-11,15-16H2,1-3H3. The molecule has 0 bridgehead atoms. The summed E-state index contributed by atoms with van der Waals surface area (Å²) in [5.41, 5.74) is 4.24. The maximum absolute atomic E-state index is 12.3. The van der Waals surface area contributed by atoms with Crippen LogP contribution in [-0.2, 0) is 4.79 Å². The summed E-state index contributed by atoms with van der Waals surface area (Å²) in [5, 5.41) is 6.25. The minimum absolute atomic E-state index is 0.113. The fourth-order valence-corrected chi connectivity index (χ4v) is 3.40. The van der Waals surface area contributed by atoms with Gasteiger partial charge in [-0.2, -0.15) is 10.1 Å². The zero-order valence-electron chi connectivity index (χ0n) is 15.6. The number of para-hydroxylation sites is 1. The van der Waals surface area contributed by atoms with Gasteiger partial charge < -0.3 is 0 Å². The summed E-state index contributed by atoms with van der Waals surface area (Å²) in [5.74, 6) is 0.113. The molecule has 0 saturated carbocycles. The number of carbonyl (C=O) groups is 1. The minimum atomic E-state index is 0.113. The van der Waals surface area contributed by atoms with Gasteiger partial charge in [-0.05, 0) is 37.8 Å². The molecule has 1 heterocycles. The Kier molecular flexibility index (Phi) is 7.48. The van der Waals surface area contributed by atoms with Gasteiger partial charge in [0.15, 0.2) is 0 Å². The van der Waals surface area contributed by atoms with Gasteiger partial charge in [0.1, 0.15) is 0 Å². The molecule has 24 heavy (non-hydrogen) atoms. The van der Waals surface area contributed by atoms with Crippen molar-refractivity contribution in [1.82, 2.24) is 0 Å². The molecule has 132 valence electrons. The van der Waals surface area contributed by atoms with Crippen LogP contribution in [0.15, 0.2) is 23.3 Å². The highest BCUT2D eigenvalue weighted by Crippen LogP contribution is 2.29. The third-order valence-corrected chi connectivity index (χ3v) is 4.80. The number of benzene rings is 1. The highest BCUT2D eigenvalue weighted by Gasteiger charge is 2.26. The third kappa shape index (κ3) is 5.19. The maximum atomic E-state index is 12.3. The zero-order valence-corrected chi connectivity index (χ0v) is 15.6. The molecule has 0 fully saturated rings. The first-order valence-corrected chi connectivity index (χ1v) is 9.59. The van der Waals surface area contributed by atoms with E-state index in [9.17, 15) is 4.79 Å². The number of amides is 1. The molecule has 0 aliphatic carbocycles.